The van der Waals surface area contributed by atoms with Gasteiger partial charge < -0.3 is 9.64 Å². The van der Waals surface area contributed by atoms with Gasteiger partial charge in [0.25, 0.3) is 5.91 Å². The van der Waals surface area contributed by atoms with Gasteiger partial charge in [0, 0.05) is 47.1 Å². The Morgan fingerprint density at radius 2 is 1.95 bits per heavy atom. The minimum atomic E-state index is -3.91. The van der Waals surface area contributed by atoms with Gasteiger partial charge in [0.15, 0.2) is 16.1 Å². The lowest BCUT2D eigenvalue weighted by atomic mass is 9.97. The molecule has 9 nitrogen and oxygen atoms in total. The average molecular weight is 604 g/mol. The summed E-state index contributed by atoms with van der Waals surface area (Å²) in [5.74, 6) is -1.20. The predicted octanol–water partition coefficient (Wildman–Crippen LogP) is 4.58. The van der Waals surface area contributed by atoms with E-state index in [1.807, 2.05) is 18.2 Å². The molecule has 40 heavy (non-hydrogen) atoms. The molecule has 2 saturated heterocycles. The number of nitrogens with one attached hydrogen (secondary N) is 1. The Labute approximate surface area is 242 Å². The molecule has 5 rings (SSSR count). The van der Waals surface area contributed by atoms with Gasteiger partial charge in [0.2, 0.25) is 5.91 Å². The number of hydrogen-bond donors (Lipinski definition) is 1. The molecule has 1 unspecified atom stereocenters. The van der Waals surface area contributed by atoms with Gasteiger partial charge in [-0.15, -0.1) is 11.3 Å². The number of aromatic nitrogens is 1. The van der Waals surface area contributed by atoms with E-state index >= 15 is 0 Å². The lowest BCUT2D eigenvalue weighted by Gasteiger charge is -2.31. The summed E-state index contributed by atoms with van der Waals surface area (Å²) in [5, 5.41) is 0.597. The molecule has 0 spiro atoms. The summed E-state index contributed by atoms with van der Waals surface area (Å²) in [6, 6.07) is 15.9. The largest absolute Gasteiger partial charge is 0.350 e. The molecule has 4 heterocycles. The average Bonchev–Trinajstić information content (AvgIpc) is 3.42. The maximum Gasteiger partial charge on any atom is 0.272 e. The highest BCUT2D eigenvalue weighted by Gasteiger charge is 2.50. The van der Waals surface area contributed by atoms with Gasteiger partial charge in [-0.1, -0.05) is 29.8 Å². The SMILES string of the molecule is O=C(C[C@]1(c2ccc(-c3ccc(Cl)cc3)s2)CCN(C(=O)c2ccccn2)CCS1(=O)=O)NOC1CCCCO1. The number of sulfone groups is 1. The van der Waals surface area contributed by atoms with Crippen LogP contribution in [0.1, 0.15) is 47.5 Å². The van der Waals surface area contributed by atoms with Crippen LogP contribution in [-0.4, -0.2) is 61.9 Å². The Hall–Kier alpha value is -2.83. The number of benzene rings is 1. The van der Waals surface area contributed by atoms with Crippen molar-refractivity contribution < 1.29 is 27.6 Å². The van der Waals surface area contributed by atoms with E-state index in [0.29, 0.717) is 22.9 Å². The van der Waals surface area contributed by atoms with Gasteiger partial charge in [-0.25, -0.2) is 18.7 Å². The van der Waals surface area contributed by atoms with Crippen LogP contribution in [0.25, 0.3) is 10.4 Å². The highest BCUT2D eigenvalue weighted by molar-refractivity contribution is 7.92. The summed E-state index contributed by atoms with van der Waals surface area (Å²) < 4.78 is 32.1. The van der Waals surface area contributed by atoms with E-state index in [2.05, 4.69) is 10.5 Å². The molecule has 0 saturated carbocycles. The van der Waals surface area contributed by atoms with E-state index in [4.69, 9.17) is 21.2 Å². The van der Waals surface area contributed by atoms with Crippen molar-refractivity contribution in [1.82, 2.24) is 15.4 Å². The first-order valence-electron chi connectivity index (χ1n) is 13.1. The molecule has 0 aliphatic carbocycles. The van der Waals surface area contributed by atoms with E-state index < -0.39 is 26.8 Å². The van der Waals surface area contributed by atoms with Crippen LogP contribution >= 0.6 is 22.9 Å². The van der Waals surface area contributed by atoms with E-state index in [1.165, 1.54) is 22.4 Å². The fourth-order valence-corrected chi connectivity index (χ4v) is 8.74. The first-order chi connectivity index (χ1) is 19.3. The number of rotatable bonds is 7. The number of ether oxygens (including phenoxy) is 1. The number of thiophene rings is 1. The topological polar surface area (TPSA) is 115 Å². The third-order valence-corrected chi connectivity index (χ3v) is 11.5. The van der Waals surface area contributed by atoms with Crippen molar-refractivity contribution in [3.63, 3.8) is 0 Å². The Bertz CT molecular complexity index is 1440. The van der Waals surface area contributed by atoms with E-state index in [0.717, 1.165) is 23.3 Å². The van der Waals surface area contributed by atoms with E-state index in [-0.39, 0.29) is 43.3 Å². The maximum absolute atomic E-state index is 14.1. The number of amides is 2. The van der Waals surface area contributed by atoms with Crippen molar-refractivity contribution in [3.05, 3.63) is 76.4 Å². The van der Waals surface area contributed by atoms with Gasteiger partial charge in [-0.3, -0.25) is 14.6 Å². The summed E-state index contributed by atoms with van der Waals surface area (Å²) in [6.07, 6.45) is 3.14. The zero-order valence-corrected chi connectivity index (χ0v) is 24.1. The predicted molar refractivity (Wildman–Crippen MR) is 152 cm³/mol. The molecule has 2 aromatic heterocycles. The fraction of sp³-hybridized carbons (Fsp3) is 0.393. The Kier molecular flexibility index (Phi) is 8.86. The van der Waals surface area contributed by atoms with Crippen molar-refractivity contribution in [2.75, 3.05) is 25.4 Å². The first-order valence-corrected chi connectivity index (χ1v) is 16.0. The van der Waals surface area contributed by atoms with E-state index in [1.54, 1.807) is 36.4 Å². The van der Waals surface area contributed by atoms with Crippen molar-refractivity contribution in [2.24, 2.45) is 0 Å². The van der Waals surface area contributed by atoms with Gasteiger partial charge in [0.05, 0.1) is 12.2 Å². The molecule has 2 aliphatic rings. The minimum absolute atomic E-state index is 0.00292. The number of carbonyl (C=O) groups is 2. The van der Waals surface area contributed by atoms with Crippen molar-refractivity contribution in [2.45, 2.75) is 43.1 Å². The second kappa shape index (κ2) is 12.4. The van der Waals surface area contributed by atoms with Crippen molar-refractivity contribution in [3.8, 4) is 10.4 Å². The molecule has 12 heteroatoms. The van der Waals surface area contributed by atoms with Crippen LogP contribution in [0.2, 0.25) is 5.02 Å². The second-order valence-electron chi connectivity index (χ2n) is 9.86. The van der Waals surface area contributed by atoms with Crippen LogP contribution in [-0.2, 0) is 29.0 Å². The highest BCUT2D eigenvalue weighted by Crippen LogP contribution is 2.45. The summed E-state index contributed by atoms with van der Waals surface area (Å²) in [4.78, 5) is 38.9. The molecule has 3 aromatic rings. The van der Waals surface area contributed by atoms with Crippen LogP contribution in [0.5, 0.6) is 0 Å². The maximum atomic E-state index is 14.1. The molecule has 1 N–H and O–H groups in total. The van der Waals surface area contributed by atoms with Crippen LogP contribution in [0, 0.1) is 0 Å². The lowest BCUT2D eigenvalue weighted by molar-refractivity contribution is -0.200. The van der Waals surface area contributed by atoms with Crippen LogP contribution in [0.3, 0.4) is 0 Å². The number of hydrogen-bond acceptors (Lipinski definition) is 8. The van der Waals surface area contributed by atoms with Crippen molar-refractivity contribution >= 4 is 44.6 Å². The van der Waals surface area contributed by atoms with Gasteiger partial charge in [-0.2, -0.15) is 0 Å². The number of hydroxylamine groups is 1. The molecule has 1 aromatic carbocycles. The first kappa shape index (κ1) is 28.7. The van der Waals surface area contributed by atoms with Crippen molar-refractivity contribution in [1.29, 1.82) is 0 Å². The fourth-order valence-electron chi connectivity index (χ4n) is 5.01. The zero-order chi connectivity index (χ0) is 28.2. The molecule has 0 bridgehead atoms. The quantitative estimate of drug-likeness (QED) is 0.393. The normalized spacial score (nSPS) is 22.8. The lowest BCUT2D eigenvalue weighted by Crippen LogP contribution is -2.43. The van der Waals surface area contributed by atoms with Gasteiger partial charge in [0.1, 0.15) is 10.4 Å². The van der Waals surface area contributed by atoms with Crippen LogP contribution in [0.4, 0.5) is 0 Å². The number of pyridine rings is 1. The molecule has 2 aliphatic heterocycles. The summed E-state index contributed by atoms with van der Waals surface area (Å²) in [7, 11) is -3.91. The Morgan fingerprint density at radius 3 is 2.67 bits per heavy atom. The molecule has 0 radical (unpaired) electrons. The molecular formula is C28H30ClN3O6S2. The molecule has 2 atom stereocenters. The Morgan fingerprint density at radius 1 is 1.12 bits per heavy atom. The summed E-state index contributed by atoms with van der Waals surface area (Å²) >= 11 is 7.37. The highest BCUT2D eigenvalue weighted by atomic mass is 35.5. The summed E-state index contributed by atoms with van der Waals surface area (Å²) in [6.45, 7) is 0.688. The van der Waals surface area contributed by atoms with Crippen LogP contribution < -0.4 is 5.48 Å². The second-order valence-corrected chi connectivity index (χ2v) is 13.8. The molecule has 2 amide bonds. The van der Waals surface area contributed by atoms with Gasteiger partial charge in [-0.05, 0) is 61.2 Å². The third-order valence-electron chi connectivity index (χ3n) is 7.25. The minimum Gasteiger partial charge on any atom is -0.350 e. The molecule has 212 valence electrons. The zero-order valence-electron chi connectivity index (χ0n) is 21.8. The van der Waals surface area contributed by atoms with E-state index in [9.17, 15) is 18.0 Å². The molecule has 2 fully saturated rings. The standard InChI is InChI=1S/C28H30ClN3O6S2/c29-21-9-7-20(8-10-21)23-11-12-24(39-23)28(19-25(33)31-38-26-6-2-4-17-37-26)13-15-32(16-18-40(28,35)36)27(34)22-5-1-3-14-30-22/h1,3,5,7-12,14,26H,2,4,6,13,15-19H2,(H,31,33)/t26?,28-/m0/s1. The summed E-state index contributed by atoms with van der Waals surface area (Å²) in [5.41, 5.74) is 3.56. The van der Waals surface area contributed by atoms with Crippen LogP contribution in [0.15, 0.2) is 60.8 Å². The number of nitrogens with zero attached hydrogens (tertiary/aromatic N) is 2. The molecular weight excluding hydrogens is 574 g/mol. The monoisotopic (exact) mass is 603 g/mol. The number of halogens is 1. The smallest absolute Gasteiger partial charge is 0.272 e. The van der Waals surface area contributed by atoms with Gasteiger partial charge >= 0.3 is 0 Å². The number of carbonyl (C=O) groups excluding carboxylic acids is 2. The third kappa shape index (κ3) is 6.23. The Balaban J connectivity index is 1.45.